The maximum Gasteiger partial charge on any atom is 0.178 e. The number of hydrogen-bond acceptors (Lipinski definition) is 3. The summed E-state index contributed by atoms with van der Waals surface area (Å²) in [5.41, 5.74) is 3.74. The summed E-state index contributed by atoms with van der Waals surface area (Å²) in [6.07, 6.45) is 0.918. The van der Waals surface area contributed by atoms with Crippen LogP contribution in [0, 0.1) is 0 Å². The average Bonchev–Trinajstić information content (AvgIpc) is 2.65. The van der Waals surface area contributed by atoms with Gasteiger partial charge in [-0.2, -0.15) is 0 Å². The highest BCUT2D eigenvalue weighted by atomic mass is 32.2. The third kappa shape index (κ3) is 2.49. The van der Waals surface area contributed by atoms with Gasteiger partial charge in [-0.25, -0.2) is 8.42 Å². The van der Waals surface area contributed by atoms with Crippen LogP contribution in [0.15, 0.2) is 47.4 Å². The number of rotatable bonds is 2. The second-order valence-electron chi connectivity index (χ2n) is 5.37. The molecule has 0 radical (unpaired) electrons. The molecular formula is C17H18O3S. The number of aryl methyl sites for hydroxylation is 2. The van der Waals surface area contributed by atoms with Crippen molar-refractivity contribution in [2.24, 2.45) is 0 Å². The largest absolute Gasteiger partial charge is 0.384 e. The topological polar surface area (TPSA) is 54.4 Å². The van der Waals surface area contributed by atoms with Crippen LogP contribution in [0.25, 0.3) is 0 Å². The molecule has 1 aliphatic carbocycles. The Bertz CT molecular complexity index is 778. The van der Waals surface area contributed by atoms with E-state index in [-0.39, 0.29) is 5.75 Å². The van der Waals surface area contributed by atoms with Gasteiger partial charge in [-0.1, -0.05) is 37.3 Å². The summed E-state index contributed by atoms with van der Waals surface area (Å²) in [5, 5.41) is 10.7. The van der Waals surface area contributed by atoms with Crippen molar-refractivity contribution >= 4 is 9.84 Å². The number of aliphatic hydroxyl groups is 1. The molecule has 0 heterocycles. The van der Waals surface area contributed by atoms with Crippen LogP contribution in [-0.4, -0.2) is 19.3 Å². The summed E-state index contributed by atoms with van der Waals surface area (Å²) >= 11 is 0. The summed E-state index contributed by atoms with van der Waals surface area (Å²) in [6, 6.07) is 12.9. The predicted molar refractivity (Wildman–Crippen MR) is 82.1 cm³/mol. The lowest BCUT2D eigenvalue weighted by molar-refractivity contribution is 0.219. The highest BCUT2D eigenvalue weighted by Crippen LogP contribution is 2.33. The number of sulfone groups is 1. The third-order valence-electron chi connectivity index (χ3n) is 4.16. The first kappa shape index (κ1) is 14.3. The van der Waals surface area contributed by atoms with Crippen molar-refractivity contribution in [2.45, 2.75) is 30.8 Å². The molecule has 3 rings (SSSR count). The predicted octanol–water partition coefficient (Wildman–Crippen LogP) is 2.66. The van der Waals surface area contributed by atoms with Crippen LogP contribution < -0.4 is 0 Å². The summed E-state index contributed by atoms with van der Waals surface area (Å²) in [7, 11) is -3.26. The van der Waals surface area contributed by atoms with Gasteiger partial charge in [0, 0.05) is 0 Å². The van der Waals surface area contributed by atoms with Crippen LogP contribution in [0.5, 0.6) is 0 Å². The standard InChI is InChI=1S/C17H18O3S/c1-2-21(19,20)14-10-9-13-8-7-12-5-3-4-6-15(12)17(18)16(13)11-14/h3-6,9-11,17-18H,2,7-8H2,1H3. The quantitative estimate of drug-likeness (QED) is 0.928. The molecule has 0 aromatic heterocycles. The van der Waals surface area contributed by atoms with Crippen LogP contribution in [0.2, 0.25) is 0 Å². The molecule has 4 heteroatoms. The minimum absolute atomic E-state index is 0.0679. The second-order valence-corrected chi connectivity index (χ2v) is 7.64. The molecule has 0 saturated carbocycles. The van der Waals surface area contributed by atoms with Gasteiger partial charge in [-0.05, 0) is 47.2 Å². The van der Waals surface area contributed by atoms with Gasteiger partial charge in [-0.15, -0.1) is 0 Å². The first-order valence-corrected chi connectivity index (χ1v) is 8.79. The molecule has 0 spiro atoms. The minimum Gasteiger partial charge on any atom is -0.384 e. The molecule has 3 nitrogen and oxygen atoms in total. The molecule has 0 bridgehead atoms. The van der Waals surface area contributed by atoms with Gasteiger partial charge in [0.25, 0.3) is 0 Å². The highest BCUT2D eigenvalue weighted by molar-refractivity contribution is 7.91. The van der Waals surface area contributed by atoms with Crippen molar-refractivity contribution in [1.29, 1.82) is 0 Å². The van der Waals surface area contributed by atoms with Gasteiger partial charge in [0.05, 0.1) is 10.6 Å². The van der Waals surface area contributed by atoms with E-state index in [1.54, 1.807) is 19.1 Å². The lowest BCUT2D eigenvalue weighted by Crippen LogP contribution is -2.08. The number of hydrogen-bond donors (Lipinski definition) is 1. The van der Waals surface area contributed by atoms with E-state index in [2.05, 4.69) is 0 Å². The third-order valence-corrected chi connectivity index (χ3v) is 5.90. The van der Waals surface area contributed by atoms with Gasteiger partial charge >= 0.3 is 0 Å². The monoisotopic (exact) mass is 302 g/mol. The average molecular weight is 302 g/mol. The fourth-order valence-electron chi connectivity index (χ4n) is 2.88. The summed E-state index contributed by atoms with van der Waals surface area (Å²) in [5.74, 6) is 0.0679. The van der Waals surface area contributed by atoms with Crippen LogP contribution in [0.4, 0.5) is 0 Å². The van der Waals surface area contributed by atoms with Gasteiger partial charge in [0.1, 0.15) is 6.10 Å². The zero-order chi connectivity index (χ0) is 15.0. The highest BCUT2D eigenvalue weighted by Gasteiger charge is 2.23. The molecule has 0 fully saturated rings. The normalized spacial score (nSPS) is 17.7. The molecular weight excluding hydrogens is 284 g/mol. The Balaban J connectivity index is 2.15. The van der Waals surface area contributed by atoms with Crippen LogP contribution in [0.3, 0.4) is 0 Å². The van der Waals surface area contributed by atoms with Crippen molar-refractivity contribution in [3.8, 4) is 0 Å². The molecule has 1 unspecified atom stereocenters. The zero-order valence-corrected chi connectivity index (χ0v) is 12.7. The van der Waals surface area contributed by atoms with E-state index in [4.69, 9.17) is 0 Å². The van der Waals surface area contributed by atoms with Crippen molar-refractivity contribution in [2.75, 3.05) is 5.75 Å². The van der Waals surface area contributed by atoms with Gasteiger partial charge < -0.3 is 5.11 Å². The van der Waals surface area contributed by atoms with Gasteiger partial charge in [0.2, 0.25) is 0 Å². The summed E-state index contributed by atoms with van der Waals surface area (Å²) < 4.78 is 24.1. The summed E-state index contributed by atoms with van der Waals surface area (Å²) in [6.45, 7) is 1.63. The lowest BCUT2D eigenvalue weighted by Gasteiger charge is -2.15. The summed E-state index contributed by atoms with van der Waals surface area (Å²) in [4.78, 5) is 0.294. The Morgan fingerprint density at radius 3 is 2.43 bits per heavy atom. The molecule has 21 heavy (non-hydrogen) atoms. The van der Waals surface area contributed by atoms with E-state index in [9.17, 15) is 13.5 Å². The van der Waals surface area contributed by atoms with Crippen LogP contribution >= 0.6 is 0 Å². The Labute approximate surface area is 125 Å². The van der Waals surface area contributed by atoms with E-state index in [1.165, 1.54) is 0 Å². The molecule has 110 valence electrons. The van der Waals surface area contributed by atoms with E-state index in [0.29, 0.717) is 4.90 Å². The maximum absolute atomic E-state index is 12.0. The SMILES string of the molecule is CCS(=O)(=O)c1ccc2c(c1)C(O)c1ccccc1CC2. The maximum atomic E-state index is 12.0. The molecule has 1 atom stereocenters. The molecule has 0 aliphatic heterocycles. The van der Waals surface area contributed by atoms with E-state index in [1.807, 2.05) is 30.3 Å². The first-order chi connectivity index (χ1) is 10.0. The van der Waals surface area contributed by atoms with Crippen molar-refractivity contribution < 1.29 is 13.5 Å². The second kappa shape index (κ2) is 5.28. The molecule has 1 aliphatic rings. The van der Waals surface area contributed by atoms with E-state index in [0.717, 1.165) is 35.1 Å². The zero-order valence-electron chi connectivity index (χ0n) is 11.9. The molecule has 2 aromatic carbocycles. The lowest BCUT2D eigenvalue weighted by atomic mass is 9.97. The number of fused-ring (bicyclic) bond motifs is 2. The smallest absolute Gasteiger partial charge is 0.178 e. The fourth-order valence-corrected chi connectivity index (χ4v) is 3.80. The van der Waals surface area contributed by atoms with E-state index < -0.39 is 15.9 Å². The Kier molecular flexibility index (Phi) is 3.59. The first-order valence-electron chi connectivity index (χ1n) is 7.14. The molecule has 2 aromatic rings. The van der Waals surface area contributed by atoms with Crippen LogP contribution in [0.1, 0.15) is 35.3 Å². The Morgan fingerprint density at radius 1 is 1.05 bits per heavy atom. The van der Waals surface area contributed by atoms with Gasteiger partial charge in [0.15, 0.2) is 9.84 Å². The van der Waals surface area contributed by atoms with Crippen molar-refractivity contribution in [3.63, 3.8) is 0 Å². The molecule has 1 N–H and O–H groups in total. The van der Waals surface area contributed by atoms with Crippen molar-refractivity contribution in [1.82, 2.24) is 0 Å². The number of aliphatic hydroxyl groups excluding tert-OH is 1. The fraction of sp³-hybridized carbons (Fsp3) is 0.294. The Hall–Kier alpha value is -1.65. The van der Waals surface area contributed by atoms with Gasteiger partial charge in [-0.3, -0.25) is 0 Å². The Morgan fingerprint density at radius 2 is 1.71 bits per heavy atom. The van der Waals surface area contributed by atoms with Crippen LogP contribution in [-0.2, 0) is 22.7 Å². The minimum atomic E-state index is -3.26. The van der Waals surface area contributed by atoms with Crippen molar-refractivity contribution in [3.05, 3.63) is 64.7 Å². The molecule has 0 amide bonds. The molecule has 0 saturated heterocycles. The van der Waals surface area contributed by atoms with E-state index >= 15 is 0 Å². The number of benzene rings is 2.